The highest BCUT2D eigenvalue weighted by Gasteiger charge is 2.16. The number of aldehydes is 1. The van der Waals surface area contributed by atoms with Crippen molar-refractivity contribution in [2.24, 2.45) is 5.92 Å². The van der Waals surface area contributed by atoms with Gasteiger partial charge in [-0.25, -0.2) is 0 Å². The van der Waals surface area contributed by atoms with Crippen molar-refractivity contribution in [3.8, 4) is 0 Å². The summed E-state index contributed by atoms with van der Waals surface area (Å²) in [6.07, 6.45) is 7.31. The van der Waals surface area contributed by atoms with Gasteiger partial charge in [-0.15, -0.1) is 0 Å². The number of hydrogen-bond donors (Lipinski definition) is 1. The van der Waals surface area contributed by atoms with Crippen LogP contribution >= 0.6 is 11.6 Å². The van der Waals surface area contributed by atoms with Crippen molar-refractivity contribution in [3.05, 3.63) is 52.6 Å². The van der Waals surface area contributed by atoms with Crippen molar-refractivity contribution in [2.75, 3.05) is 18.9 Å². The van der Waals surface area contributed by atoms with Crippen molar-refractivity contribution in [1.82, 2.24) is 4.90 Å². The van der Waals surface area contributed by atoms with Crippen LogP contribution in [0.15, 0.2) is 41.5 Å². The van der Waals surface area contributed by atoms with E-state index in [4.69, 9.17) is 11.6 Å². The monoisotopic (exact) mass is 304 g/mol. The van der Waals surface area contributed by atoms with Gasteiger partial charge in [0.25, 0.3) is 0 Å². The van der Waals surface area contributed by atoms with E-state index in [9.17, 15) is 9.59 Å². The summed E-state index contributed by atoms with van der Waals surface area (Å²) in [7, 11) is 1.99. The molecule has 1 amide bonds. The maximum absolute atomic E-state index is 10.8. The number of carbonyl (C=O) groups is 2. The molecule has 0 bridgehead atoms. The standard InChI is InChI=1S/C16H17ClN2O2/c1-19(8-13-3-2-4-15(13)17)9-14-6-5-12(10-20)7-16(14)18-11-21/h2-7,10-11,13H,8-9H2,1H3,(H,18,21). The van der Waals surface area contributed by atoms with Gasteiger partial charge >= 0.3 is 0 Å². The lowest BCUT2D eigenvalue weighted by Crippen LogP contribution is -2.24. The van der Waals surface area contributed by atoms with E-state index in [-0.39, 0.29) is 5.92 Å². The van der Waals surface area contributed by atoms with Crippen LogP contribution in [0.1, 0.15) is 15.9 Å². The van der Waals surface area contributed by atoms with Crippen LogP contribution in [0, 0.1) is 5.92 Å². The number of amides is 1. The molecule has 1 N–H and O–H groups in total. The van der Waals surface area contributed by atoms with E-state index >= 15 is 0 Å². The minimum atomic E-state index is 0.216. The molecule has 0 radical (unpaired) electrons. The zero-order chi connectivity index (χ0) is 15.2. The minimum absolute atomic E-state index is 0.216. The van der Waals surface area contributed by atoms with Crippen LogP contribution < -0.4 is 5.32 Å². The lowest BCUT2D eigenvalue weighted by Gasteiger charge is -2.21. The summed E-state index contributed by atoms with van der Waals surface area (Å²) in [6, 6.07) is 5.27. The summed E-state index contributed by atoms with van der Waals surface area (Å²) in [5, 5.41) is 3.48. The third kappa shape index (κ3) is 4.03. The molecule has 2 rings (SSSR count). The average molecular weight is 305 g/mol. The maximum atomic E-state index is 10.8. The third-order valence-corrected chi connectivity index (χ3v) is 3.79. The van der Waals surface area contributed by atoms with Gasteiger partial charge in [-0.2, -0.15) is 0 Å². The normalized spacial score (nSPS) is 16.9. The zero-order valence-corrected chi connectivity index (χ0v) is 12.5. The average Bonchev–Trinajstić information content (AvgIpc) is 2.86. The Bertz CT molecular complexity index is 596. The van der Waals surface area contributed by atoms with Crippen LogP contribution in [0.2, 0.25) is 0 Å². The van der Waals surface area contributed by atoms with Gasteiger partial charge in [0.05, 0.1) is 0 Å². The van der Waals surface area contributed by atoms with Crippen LogP contribution in [0.3, 0.4) is 0 Å². The number of hydrogen-bond acceptors (Lipinski definition) is 3. The second kappa shape index (κ2) is 7.20. The van der Waals surface area contributed by atoms with Gasteiger partial charge in [-0.3, -0.25) is 9.59 Å². The molecule has 4 nitrogen and oxygen atoms in total. The van der Waals surface area contributed by atoms with Crippen molar-refractivity contribution in [3.63, 3.8) is 0 Å². The second-order valence-electron chi connectivity index (χ2n) is 5.04. The summed E-state index contributed by atoms with van der Waals surface area (Å²) in [5.74, 6) is 0.216. The van der Waals surface area contributed by atoms with E-state index in [0.717, 1.165) is 23.4 Å². The predicted molar refractivity (Wildman–Crippen MR) is 84.4 cm³/mol. The van der Waals surface area contributed by atoms with Crippen LogP contribution in [0.4, 0.5) is 5.69 Å². The van der Waals surface area contributed by atoms with Gasteiger partial charge in [0.15, 0.2) is 0 Å². The first-order valence-electron chi connectivity index (χ1n) is 6.64. The van der Waals surface area contributed by atoms with Gasteiger partial charge in [-0.1, -0.05) is 35.9 Å². The van der Waals surface area contributed by atoms with E-state index in [1.807, 2.05) is 25.3 Å². The molecule has 5 heteroatoms. The molecular weight excluding hydrogens is 288 g/mol. The van der Waals surface area contributed by atoms with E-state index in [1.165, 1.54) is 0 Å². The summed E-state index contributed by atoms with van der Waals surface area (Å²) in [5.41, 5.74) is 2.15. The summed E-state index contributed by atoms with van der Waals surface area (Å²) >= 11 is 6.12. The summed E-state index contributed by atoms with van der Waals surface area (Å²) in [4.78, 5) is 23.6. The molecule has 0 heterocycles. The van der Waals surface area contributed by atoms with E-state index in [1.54, 1.807) is 12.1 Å². The Balaban J connectivity index is 2.07. The Hall–Kier alpha value is -1.91. The number of anilines is 1. The van der Waals surface area contributed by atoms with Gasteiger partial charge in [0, 0.05) is 35.3 Å². The molecule has 0 saturated carbocycles. The van der Waals surface area contributed by atoms with Crippen molar-refractivity contribution >= 4 is 30.0 Å². The molecule has 0 aliphatic heterocycles. The first-order chi connectivity index (χ1) is 10.1. The topological polar surface area (TPSA) is 49.4 Å². The molecule has 1 aliphatic carbocycles. The molecule has 1 atom stereocenters. The highest BCUT2D eigenvalue weighted by atomic mass is 35.5. The predicted octanol–water partition coefficient (Wildman–Crippen LogP) is 2.81. The van der Waals surface area contributed by atoms with Crippen LogP contribution in [0.25, 0.3) is 0 Å². The lowest BCUT2D eigenvalue weighted by molar-refractivity contribution is -0.105. The fraction of sp³-hybridized carbons (Fsp3) is 0.250. The minimum Gasteiger partial charge on any atom is -0.328 e. The first-order valence-corrected chi connectivity index (χ1v) is 7.02. The lowest BCUT2D eigenvalue weighted by atomic mass is 10.1. The molecule has 0 spiro atoms. The SMILES string of the molecule is CN(Cc1ccc(C=O)cc1NC=O)CC1C=CC=C1Cl. The smallest absolute Gasteiger partial charge is 0.211 e. The fourth-order valence-electron chi connectivity index (χ4n) is 2.34. The molecule has 0 aromatic heterocycles. The van der Waals surface area contributed by atoms with Crippen LogP contribution in [-0.2, 0) is 11.3 Å². The van der Waals surface area contributed by atoms with Crippen molar-refractivity contribution in [1.29, 1.82) is 0 Å². The Kier molecular flexibility index (Phi) is 5.31. The van der Waals surface area contributed by atoms with Gasteiger partial charge < -0.3 is 10.2 Å². The Labute approximate surface area is 129 Å². The maximum Gasteiger partial charge on any atom is 0.211 e. The summed E-state index contributed by atoms with van der Waals surface area (Å²) < 4.78 is 0. The Morgan fingerprint density at radius 1 is 1.38 bits per heavy atom. The molecular formula is C16H17ClN2O2. The van der Waals surface area contributed by atoms with Gasteiger partial charge in [0.1, 0.15) is 6.29 Å². The van der Waals surface area contributed by atoms with Crippen molar-refractivity contribution in [2.45, 2.75) is 6.54 Å². The van der Waals surface area contributed by atoms with Crippen molar-refractivity contribution < 1.29 is 9.59 Å². The zero-order valence-electron chi connectivity index (χ0n) is 11.8. The van der Waals surface area contributed by atoms with E-state index in [2.05, 4.69) is 16.3 Å². The van der Waals surface area contributed by atoms with Crippen LogP contribution in [-0.4, -0.2) is 31.2 Å². The van der Waals surface area contributed by atoms with Crippen LogP contribution in [0.5, 0.6) is 0 Å². The molecule has 21 heavy (non-hydrogen) atoms. The number of benzene rings is 1. The van der Waals surface area contributed by atoms with E-state index < -0.39 is 0 Å². The molecule has 1 aromatic rings. The number of nitrogens with one attached hydrogen (secondary N) is 1. The number of carbonyl (C=O) groups excluding carboxylic acids is 2. The highest BCUT2D eigenvalue weighted by Crippen LogP contribution is 2.25. The quantitative estimate of drug-likeness (QED) is 0.788. The largest absolute Gasteiger partial charge is 0.328 e. The molecule has 0 saturated heterocycles. The van der Waals surface area contributed by atoms with Gasteiger partial charge in [0.2, 0.25) is 6.41 Å². The number of nitrogens with zero attached hydrogens (tertiary/aromatic N) is 1. The molecule has 0 fully saturated rings. The van der Waals surface area contributed by atoms with E-state index in [0.29, 0.717) is 24.2 Å². The van der Waals surface area contributed by atoms with Gasteiger partial charge in [-0.05, 0) is 24.8 Å². The molecule has 110 valence electrons. The fourth-order valence-corrected chi connectivity index (χ4v) is 2.55. The molecule has 1 aromatic carbocycles. The first kappa shape index (κ1) is 15.5. The summed E-state index contributed by atoms with van der Waals surface area (Å²) in [6.45, 7) is 1.45. The Morgan fingerprint density at radius 2 is 2.19 bits per heavy atom. The number of allylic oxidation sites excluding steroid dienone is 2. The third-order valence-electron chi connectivity index (χ3n) is 3.39. The number of rotatable bonds is 7. The highest BCUT2D eigenvalue weighted by molar-refractivity contribution is 6.30. The Morgan fingerprint density at radius 3 is 2.81 bits per heavy atom. The second-order valence-corrected chi connectivity index (χ2v) is 5.47. The molecule has 1 aliphatic rings. The molecule has 1 unspecified atom stereocenters. The number of halogens is 1.